The zero-order chi connectivity index (χ0) is 12.2. The predicted octanol–water partition coefficient (Wildman–Crippen LogP) is -1.90. The first-order valence-electron chi connectivity index (χ1n) is 5.50. The first-order chi connectivity index (χ1) is 7.68. The van der Waals surface area contributed by atoms with Gasteiger partial charge in [0.05, 0.1) is 0 Å². The van der Waals surface area contributed by atoms with E-state index < -0.39 is 5.91 Å². The van der Waals surface area contributed by atoms with Gasteiger partial charge in [-0.3, -0.25) is 4.79 Å². The molecule has 0 saturated heterocycles. The molecule has 0 atom stereocenters. The maximum Gasteiger partial charge on any atom is 0.245 e. The fourth-order valence-corrected chi connectivity index (χ4v) is 0.986. The van der Waals surface area contributed by atoms with Crippen molar-refractivity contribution in [2.45, 2.75) is 6.92 Å². The molecular weight excluding hydrogens is 206 g/mol. The van der Waals surface area contributed by atoms with Gasteiger partial charge in [-0.2, -0.15) is 0 Å². The Morgan fingerprint density at radius 3 is 2.25 bits per heavy atom. The van der Waals surface area contributed by atoms with Gasteiger partial charge in [0, 0.05) is 51.0 Å². The van der Waals surface area contributed by atoms with Crippen molar-refractivity contribution in [2.24, 2.45) is 11.5 Å². The number of primary amides is 1. The van der Waals surface area contributed by atoms with E-state index >= 15 is 0 Å². The molecule has 0 aliphatic heterocycles. The Labute approximate surface area is 96.8 Å². The lowest BCUT2D eigenvalue weighted by Gasteiger charge is -2.06. The quantitative estimate of drug-likeness (QED) is 0.222. The van der Waals surface area contributed by atoms with Gasteiger partial charge in [0.2, 0.25) is 5.91 Å². The van der Waals surface area contributed by atoms with Gasteiger partial charge in [0.1, 0.15) is 0 Å². The average Bonchev–Trinajstić information content (AvgIpc) is 2.26. The molecule has 0 aromatic rings. The Kier molecular flexibility index (Phi) is 9.69. The van der Waals surface area contributed by atoms with Crippen molar-refractivity contribution in [1.29, 1.82) is 0 Å². The molecule has 0 radical (unpaired) electrons. The number of nitrogens with one attached hydrogen (secondary N) is 3. The fraction of sp³-hybridized carbons (Fsp3) is 0.700. The average molecular weight is 229 g/mol. The minimum atomic E-state index is -0.397. The van der Waals surface area contributed by atoms with Crippen molar-refractivity contribution in [2.75, 3.05) is 39.3 Å². The van der Waals surface area contributed by atoms with E-state index in [2.05, 4.69) is 16.0 Å². The van der Waals surface area contributed by atoms with Crippen LogP contribution in [0.25, 0.3) is 0 Å². The van der Waals surface area contributed by atoms with Crippen LogP contribution < -0.4 is 27.4 Å². The molecule has 6 nitrogen and oxygen atoms in total. The van der Waals surface area contributed by atoms with E-state index in [1.807, 2.05) is 0 Å². The summed E-state index contributed by atoms with van der Waals surface area (Å²) < 4.78 is 0. The molecule has 0 aliphatic rings. The summed E-state index contributed by atoms with van der Waals surface area (Å²) in [6.45, 7) is 6.61. The second-order valence-electron chi connectivity index (χ2n) is 3.43. The molecule has 0 saturated carbocycles. The van der Waals surface area contributed by atoms with Gasteiger partial charge in [-0.05, 0) is 6.92 Å². The van der Waals surface area contributed by atoms with Crippen LogP contribution in [0, 0.1) is 0 Å². The van der Waals surface area contributed by atoms with Crippen LogP contribution >= 0.6 is 0 Å². The van der Waals surface area contributed by atoms with Crippen LogP contribution in [0.2, 0.25) is 0 Å². The molecule has 0 heterocycles. The molecule has 0 aliphatic carbocycles. The second kappa shape index (κ2) is 10.4. The summed E-state index contributed by atoms with van der Waals surface area (Å²) in [4.78, 5) is 10.6. The van der Waals surface area contributed by atoms with Gasteiger partial charge >= 0.3 is 0 Å². The Morgan fingerprint density at radius 1 is 1.12 bits per heavy atom. The maximum atomic E-state index is 10.6. The molecule has 7 N–H and O–H groups in total. The van der Waals surface area contributed by atoms with Crippen LogP contribution in [0.15, 0.2) is 11.8 Å². The van der Waals surface area contributed by atoms with E-state index in [4.69, 9.17) is 11.5 Å². The summed E-state index contributed by atoms with van der Waals surface area (Å²) in [5, 5.41) is 9.42. The van der Waals surface area contributed by atoms with Gasteiger partial charge in [-0.15, -0.1) is 0 Å². The molecular formula is C10H23N5O. The minimum absolute atomic E-state index is 0.397. The molecule has 0 fully saturated rings. The number of nitrogens with two attached hydrogens (primary N) is 2. The van der Waals surface area contributed by atoms with Crippen LogP contribution in [0.1, 0.15) is 6.92 Å². The third-order valence-corrected chi connectivity index (χ3v) is 1.95. The van der Waals surface area contributed by atoms with Gasteiger partial charge in [-0.1, -0.05) is 0 Å². The number of amides is 1. The van der Waals surface area contributed by atoms with E-state index in [-0.39, 0.29) is 0 Å². The third-order valence-electron chi connectivity index (χ3n) is 1.95. The topological polar surface area (TPSA) is 105 Å². The van der Waals surface area contributed by atoms with Gasteiger partial charge in [0.15, 0.2) is 0 Å². The van der Waals surface area contributed by atoms with E-state index in [0.717, 1.165) is 32.7 Å². The van der Waals surface area contributed by atoms with Gasteiger partial charge < -0.3 is 27.4 Å². The number of carbonyl (C=O) groups excluding carboxylic acids is 1. The first kappa shape index (κ1) is 14.9. The molecule has 0 bridgehead atoms. The predicted molar refractivity (Wildman–Crippen MR) is 65.7 cm³/mol. The zero-order valence-corrected chi connectivity index (χ0v) is 9.88. The van der Waals surface area contributed by atoms with Crippen molar-refractivity contribution in [3.8, 4) is 0 Å². The fourth-order valence-electron chi connectivity index (χ4n) is 0.986. The first-order valence-corrected chi connectivity index (χ1v) is 5.50. The standard InChI is InChI=1S/C10H23N5O/c1-9(10(12)16)8-15-7-6-14-5-4-13-3-2-11/h8,13-15H,2-7,11H2,1H3,(H2,12,16). The normalized spacial score (nSPS) is 11.5. The van der Waals surface area contributed by atoms with Gasteiger partial charge in [-0.25, -0.2) is 0 Å². The molecule has 0 rings (SSSR count). The Hall–Kier alpha value is -1.11. The molecule has 0 aromatic heterocycles. The maximum absolute atomic E-state index is 10.6. The smallest absolute Gasteiger partial charge is 0.245 e. The number of hydrogen-bond donors (Lipinski definition) is 5. The summed E-state index contributed by atoms with van der Waals surface area (Å²) in [6.07, 6.45) is 1.64. The van der Waals surface area contributed by atoms with Crippen molar-refractivity contribution < 1.29 is 4.79 Å². The van der Waals surface area contributed by atoms with Gasteiger partial charge in [0.25, 0.3) is 0 Å². The summed E-state index contributed by atoms with van der Waals surface area (Å²) in [5.74, 6) is -0.397. The van der Waals surface area contributed by atoms with Crippen molar-refractivity contribution >= 4 is 5.91 Å². The van der Waals surface area contributed by atoms with E-state index in [1.54, 1.807) is 13.1 Å². The highest BCUT2D eigenvalue weighted by molar-refractivity contribution is 5.91. The summed E-state index contributed by atoms with van der Waals surface area (Å²) in [7, 11) is 0. The van der Waals surface area contributed by atoms with E-state index in [9.17, 15) is 4.79 Å². The monoisotopic (exact) mass is 229 g/mol. The van der Waals surface area contributed by atoms with Crippen molar-refractivity contribution in [1.82, 2.24) is 16.0 Å². The lowest BCUT2D eigenvalue weighted by atomic mass is 10.3. The minimum Gasteiger partial charge on any atom is -0.389 e. The molecule has 0 unspecified atom stereocenters. The third kappa shape index (κ3) is 9.45. The summed E-state index contributed by atoms with van der Waals surface area (Å²) in [6, 6.07) is 0. The van der Waals surface area contributed by atoms with E-state index in [1.165, 1.54) is 0 Å². The largest absolute Gasteiger partial charge is 0.389 e. The molecule has 1 amide bonds. The lowest BCUT2D eigenvalue weighted by Crippen LogP contribution is -2.33. The highest BCUT2D eigenvalue weighted by Gasteiger charge is 1.94. The zero-order valence-electron chi connectivity index (χ0n) is 9.88. The molecule has 6 heteroatoms. The second-order valence-corrected chi connectivity index (χ2v) is 3.43. The number of carbonyl (C=O) groups is 1. The molecule has 94 valence electrons. The number of rotatable bonds is 10. The number of hydrogen-bond acceptors (Lipinski definition) is 5. The highest BCUT2D eigenvalue weighted by atomic mass is 16.1. The van der Waals surface area contributed by atoms with E-state index in [0.29, 0.717) is 12.1 Å². The van der Waals surface area contributed by atoms with Crippen LogP contribution in [0.5, 0.6) is 0 Å². The van der Waals surface area contributed by atoms with Crippen molar-refractivity contribution in [3.63, 3.8) is 0 Å². The summed E-state index contributed by atoms with van der Waals surface area (Å²) in [5.41, 5.74) is 10.9. The Morgan fingerprint density at radius 2 is 1.69 bits per heavy atom. The highest BCUT2D eigenvalue weighted by Crippen LogP contribution is 1.85. The lowest BCUT2D eigenvalue weighted by molar-refractivity contribution is -0.114. The van der Waals surface area contributed by atoms with Crippen molar-refractivity contribution in [3.05, 3.63) is 11.8 Å². The SMILES string of the molecule is CC(=CNCCNCCNCCN)C(N)=O. The Balaban J connectivity index is 3.21. The van der Waals surface area contributed by atoms with Crippen LogP contribution in [0.3, 0.4) is 0 Å². The summed E-state index contributed by atoms with van der Waals surface area (Å²) >= 11 is 0. The van der Waals surface area contributed by atoms with Crippen LogP contribution in [-0.2, 0) is 4.79 Å². The molecule has 0 aromatic carbocycles. The Bertz CT molecular complexity index is 217. The molecule has 0 spiro atoms. The van der Waals surface area contributed by atoms with Crippen LogP contribution in [-0.4, -0.2) is 45.2 Å². The molecule has 16 heavy (non-hydrogen) atoms. The van der Waals surface area contributed by atoms with Crippen LogP contribution in [0.4, 0.5) is 0 Å².